The monoisotopic (exact) mass is 263 g/mol. The highest BCUT2D eigenvalue weighted by Gasteiger charge is 2.28. The fourth-order valence-electron chi connectivity index (χ4n) is 1.36. The largest absolute Gasteiger partial charge is 0.522 e. The van der Waals surface area contributed by atoms with Gasteiger partial charge in [0.15, 0.2) is 0 Å². The van der Waals surface area contributed by atoms with Crippen molar-refractivity contribution in [2.75, 3.05) is 20.3 Å². The quantitative estimate of drug-likeness (QED) is 0.800. The molecule has 0 aliphatic heterocycles. The van der Waals surface area contributed by atoms with Crippen molar-refractivity contribution >= 4 is 0 Å². The summed E-state index contributed by atoms with van der Waals surface area (Å²) in [5.41, 5.74) is 1.01. The van der Waals surface area contributed by atoms with Gasteiger partial charge in [0.05, 0.1) is 6.61 Å². The van der Waals surface area contributed by atoms with Gasteiger partial charge in [-0.3, -0.25) is 4.74 Å². The SMILES string of the molecule is CNC(C)c1cccc(OCCOC(F)(F)F)c1. The zero-order chi connectivity index (χ0) is 13.6. The molecule has 102 valence electrons. The van der Waals surface area contributed by atoms with Gasteiger partial charge in [-0.1, -0.05) is 12.1 Å². The molecule has 1 rings (SSSR count). The Balaban J connectivity index is 2.43. The van der Waals surface area contributed by atoms with Gasteiger partial charge < -0.3 is 10.1 Å². The lowest BCUT2D eigenvalue weighted by molar-refractivity contribution is -0.325. The minimum Gasteiger partial charge on any atom is -0.491 e. The van der Waals surface area contributed by atoms with Crippen molar-refractivity contribution in [1.82, 2.24) is 5.32 Å². The summed E-state index contributed by atoms with van der Waals surface area (Å²) in [4.78, 5) is 0. The molecule has 0 saturated heterocycles. The zero-order valence-electron chi connectivity index (χ0n) is 10.3. The summed E-state index contributed by atoms with van der Waals surface area (Å²) in [6.45, 7) is 1.32. The predicted octanol–water partition coefficient (Wildman–Crippen LogP) is 2.88. The average molecular weight is 263 g/mol. The lowest BCUT2D eigenvalue weighted by atomic mass is 10.1. The molecule has 0 fully saturated rings. The number of rotatable bonds is 6. The highest BCUT2D eigenvalue weighted by atomic mass is 19.4. The van der Waals surface area contributed by atoms with Gasteiger partial charge in [0.25, 0.3) is 0 Å². The van der Waals surface area contributed by atoms with Crippen molar-refractivity contribution in [2.24, 2.45) is 0 Å². The fourth-order valence-corrected chi connectivity index (χ4v) is 1.36. The maximum absolute atomic E-state index is 11.7. The molecule has 6 heteroatoms. The molecule has 0 spiro atoms. The number of halogens is 3. The molecule has 0 heterocycles. The average Bonchev–Trinajstić information content (AvgIpc) is 2.33. The summed E-state index contributed by atoms with van der Waals surface area (Å²) in [7, 11) is 1.83. The normalized spacial score (nSPS) is 13.4. The van der Waals surface area contributed by atoms with Gasteiger partial charge in [-0.25, -0.2) is 0 Å². The highest BCUT2D eigenvalue weighted by Crippen LogP contribution is 2.19. The van der Waals surface area contributed by atoms with Crippen LogP contribution in [0.4, 0.5) is 13.2 Å². The molecule has 1 aromatic rings. The summed E-state index contributed by atoms with van der Waals surface area (Å²) in [5.74, 6) is 0.528. The van der Waals surface area contributed by atoms with E-state index in [1.165, 1.54) is 0 Å². The summed E-state index contributed by atoms with van der Waals surface area (Å²) in [6.07, 6.45) is -4.61. The third-order valence-electron chi connectivity index (χ3n) is 2.41. The zero-order valence-corrected chi connectivity index (χ0v) is 10.3. The van der Waals surface area contributed by atoms with E-state index >= 15 is 0 Å². The highest BCUT2D eigenvalue weighted by molar-refractivity contribution is 5.30. The first-order valence-electron chi connectivity index (χ1n) is 5.53. The predicted molar refractivity (Wildman–Crippen MR) is 61.4 cm³/mol. The van der Waals surface area contributed by atoms with Gasteiger partial charge in [-0.2, -0.15) is 0 Å². The molecular weight excluding hydrogens is 247 g/mol. The van der Waals surface area contributed by atoms with Crippen molar-refractivity contribution in [3.8, 4) is 5.75 Å². The number of nitrogens with one attached hydrogen (secondary N) is 1. The first-order valence-corrected chi connectivity index (χ1v) is 5.53. The molecule has 0 saturated carbocycles. The van der Waals surface area contributed by atoms with Crippen LogP contribution >= 0.6 is 0 Å². The molecule has 3 nitrogen and oxygen atoms in total. The molecule has 0 radical (unpaired) electrons. The smallest absolute Gasteiger partial charge is 0.491 e. The van der Waals surface area contributed by atoms with E-state index in [1.54, 1.807) is 18.2 Å². The molecule has 0 bridgehead atoms. The summed E-state index contributed by atoms with van der Waals surface area (Å²) < 4.78 is 43.9. The minimum atomic E-state index is -4.61. The third-order valence-corrected chi connectivity index (χ3v) is 2.41. The van der Waals surface area contributed by atoms with Gasteiger partial charge in [-0.15, -0.1) is 13.2 Å². The fraction of sp³-hybridized carbons (Fsp3) is 0.500. The van der Waals surface area contributed by atoms with E-state index in [0.29, 0.717) is 5.75 Å². The number of hydrogen-bond donors (Lipinski definition) is 1. The second-order valence-corrected chi connectivity index (χ2v) is 3.73. The number of ether oxygens (including phenoxy) is 2. The molecule has 1 aromatic carbocycles. The van der Waals surface area contributed by atoms with Gasteiger partial charge in [0, 0.05) is 6.04 Å². The van der Waals surface area contributed by atoms with E-state index in [9.17, 15) is 13.2 Å². The van der Waals surface area contributed by atoms with Gasteiger partial charge in [0.1, 0.15) is 12.4 Å². The van der Waals surface area contributed by atoms with E-state index in [2.05, 4.69) is 10.1 Å². The topological polar surface area (TPSA) is 30.5 Å². The lowest BCUT2D eigenvalue weighted by Gasteiger charge is -2.13. The first-order chi connectivity index (χ1) is 8.42. The second-order valence-electron chi connectivity index (χ2n) is 3.73. The van der Waals surface area contributed by atoms with Gasteiger partial charge >= 0.3 is 6.36 Å². The van der Waals surface area contributed by atoms with Crippen LogP contribution in [0.15, 0.2) is 24.3 Å². The van der Waals surface area contributed by atoms with Crippen LogP contribution in [0.2, 0.25) is 0 Å². The van der Waals surface area contributed by atoms with Crippen molar-refractivity contribution in [1.29, 1.82) is 0 Å². The second kappa shape index (κ2) is 6.61. The molecular formula is C12H16F3NO2. The van der Waals surface area contributed by atoms with Crippen molar-refractivity contribution in [3.63, 3.8) is 0 Å². The Morgan fingerprint density at radius 2 is 2.00 bits per heavy atom. The lowest BCUT2D eigenvalue weighted by Crippen LogP contribution is -2.18. The molecule has 18 heavy (non-hydrogen) atoms. The minimum absolute atomic E-state index is 0.142. The number of benzene rings is 1. The van der Waals surface area contributed by atoms with E-state index in [4.69, 9.17) is 4.74 Å². The van der Waals surface area contributed by atoms with Crippen LogP contribution in [0.3, 0.4) is 0 Å². The molecule has 1 N–H and O–H groups in total. The standard InChI is InChI=1S/C12H16F3NO2/c1-9(16-2)10-4-3-5-11(8-10)17-6-7-18-12(13,14)15/h3-5,8-9,16H,6-7H2,1-2H3. The Labute approximate surface area is 104 Å². The van der Waals surface area contributed by atoms with Crippen molar-refractivity contribution in [2.45, 2.75) is 19.3 Å². The number of hydrogen-bond acceptors (Lipinski definition) is 3. The molecule has 0 amide bonds. The Morgan fingerprint density at radius 1 is 1.28 bits per heavy atom. The molecule has 0 aliphatic carbocycles. The molecule has 1 unspecified atom stereocenters. The maximum atomic E-state index is 11.7. The van der Waals surface area contributed by atoms with Gasteiger partial charge in [-0.05, 0) is 31.7 Å². The van der Waals surface area contributed by atoms with E-state index in [0.717, 1.165) is 5.56 Å². The van der Waals surface area contributed by atoms with Crippen LogP contribution in [-0.4, -0.2) is 26.6 Å². The first kappa shape index (κ1) is 14.8. The molecule has 0 aliphatic rings. The van der Waals surface area contributed by atoms with Crippen LogP contribution in [0, 0.1) is 0 Å². The van der Waals surface area contributed by atoms with Crippen LogP contribution in [0.25, 0.3) is 0 Å². The number of alkyl halides is 3. The van der Waals surface area contributed by atoms with Crippen LogP contribution in [0.5, 0.6) is 5.75 Å². The Hall–Kier alpha value is -1.27. The molecule has 1 atom stereocenters. The van der Waals surface area contributed by atoms with E-state index in [-0.39, 0.29) is 12.6 Å². The van der Waals surface area contributed by atoms with Crippen LogP contribution in [-0.2, 0) is 4.74 Å². The van der Waals surface area contributed by atoms with Gasteiger partial charge in [0.2, 0.25) is 0 Å². The van der Waals surface area contributed by atoms with Crippen LogP contribution in [0.1, 0.15) is 18.5 Å². The Kier molecular flexibility index (Phi) is 5.43. The Bertz CT molecular complexity index is 369. The van der Waals surface area contributed by atoms with Crippen molar-refractivity contribution in [3.05, 3.63) is 29.8 Å². The summed E-state index contributed by atoms with van der Waals surface area (Å²) in [5, 5.41) is 3.07. The van der Waals surface area contributed by atoms with E-state index in [1.807, 2.05) is 20.0 Å². The maximum Gasteiger partial charge on any atom is 0.522 e. The van der Waals surface area contributed by atoms with Crippen LogP contribution < -0.4 is 10.1 Å². The summed E-state index contributed by atoms with van der Waals surface area (Å²) >= 11 is 0. The summed E-state index contributed by atoms with van der Waals surface area (Å²) in [6, 6.07) is 7.34. The Morgan fingerprint density at radius 3 is 2.61 bits per heavy atom. The van der Waals surface area contributed by atoms with E-state index < -0.39 is 13.0 Å². The van der Waals surface area contributed by atoms with Crippen molar-refractivity contribution < 1.29 is 22.6 Å². The third kappa shape index (κ3) is 5.37. The molecule has 0 aromatic heterocycles.